The van der Waals surface area contributed by atoms with E-state index in [0.717, 1.165) is 18.9 Å². The summed E-state index contributed by atoms with van der Waals surface area (Å²) in [6, 6.07) is 3.30. The van der Waals surface area contributed by atoms with Gasteiger partial charge in [-0.25, -0.2) is 17.6 Å². The maximum atomic E-state index is 14.4. The molecule has 25 heavy (non-hydrogen) atoms. The maximum absolute atomic E-state index is 14.4. The monoisotopic (exact) mass is 387 g/mol. The van der Waals surface area contributed by atoms with Gasteiger partial charge < -0.3 is 14.2 Å². The number of hydrogen-bond donors (Lipinski definition) is 0. The van der Waals surface area contributed by atoms with Crippen LogP contribution in [0.5, 0.6) is 11.6 Å². The summed E-state index contributed by atoms with van der Waals surface area (Å²) in [6.45, 7) is 0.187. The van der Waals surface area contributed by atoms with Crippen LogP contribution < -0.4 is 9.47 Å². The summed E-state index contributed by atoms with van der Waals surface area (Å²) in [7, 11) is -2.57. The molecule has 0 radical (unpaired) electrons. The second-order valence-corrected chi connectivity index (χ2v) is 8.31. The smallest absolute Gasteiger partial charge is 0.345 e. The van der Waals surface area contributed by atoms with E-state index in [1.807, 2.05) is 0 Å². The minimum atomic E-state index is -3.69. The number of halogens is 1. The van der Waals surface area contributed by atoms with Gasteiger partial charge in [-0.3, -0.25) is 0 Å². The fourth-order valence-corrected chi connectivity index (χ4v) is 4.16. The van der Waals surface area contributed by atoms with Crippen molar-refractivity contribution >= 4 is 27.3 Å². The first-order chi connectivity index (χ1) is 11.8. The van der Waals surface area contributed by atoms with Gasteiger partial charge in [-0.15, -0.1) is 0 Å². The third kappa shape index (κ3) is 3.31. The highest BCUT2D eigenvalue weighted by Gasteiger charge is 2.29. The van der Waals surface area contributed by atoms with Crippen LogP contribution in [-0.2, 0) is 27.6 Å². The van der Waals surface area contributed by atoms with E-state index < -0.39 is 21.6 Å². The molecule has 134 valence electrons. The van der Waals surface area contributed by atoms with Crippen molar-refractivity contribution < 1.29 is 31.8 Å². The van der Waals surface area contributed by atoms with E-state index in [0.29, 0.717) is 24.6 Å². The lowest BCUT2D eigenvalue weighted by Crippen LogP contribution is -2.09. The van der Waals surface area contributed by atoms with Gasteiger partial charge in [-0.05, 0) is 11.5 Å². The Bertz CT molecular complexity index is 938. The first-order valence-electron chi connectivity index (χ1n) is 7.16. The Morgan fingerprint density at radius 3 is 2.88 bits per heavy atom. The number of methoxy groups -OCH3 is 1. The molecule has 0 unspecified atom stereocenters. The molecule has 0 aliphatic carbocycles. The molecule has 0 spiro atoms. The van der Waals surface area contributed by atoms with Crippen LogP contribution in [0.2, 0.25) is 0 Å². The van der Waals surface area contributed by atoms with E-state index in [9.17, 15) is 17.6 Å². The van der Waals surface area contributed by atoms with Crippen molar-refractivity contribution in [1.29, 1.82) is 0 Å². The third-order valence-corrected chi connectivity index (χ3v) is 6.23. The minimum Gasteiger partial charge on any atom is -0.490 e. The predicted octanol–water partition coefficient (Wildman–Crippen LogP) is 1.99. The van der Waals surface area contributed by atoms with Gasteiger partial charge in [0.25, 0.3) is 0 Å². The highest BCUT2D eigenvalue weighted by Crippen LogP contribution is 2.33. The molecule has 7 nitrogen and oxygen atoms in total. The molecule has 0 fully saturated rings. The average molecular weight is 387 g/mol. The first-order valence-corrected chi connectivity index (χ1v) is 9.83. The number of hydrogen-bond acceptors (Lipinski definition) is 8. The molecule has 0 bridgehead atoms. The standard InChI is InChI=1S/C15H14FNO6S2/c1-21-14(18)10-13(17-24-15(10)25(2,19)20)23-7-9-4-3-8-5-6-22-12(8)11(9)16/h3-4H,5-7H2,1-2H3. The number of benzene rings is 1. The molecule has 1 aromatic carbocycles. The molecule has 2 aromatic rings. The lowest BCUT2D eigenvalue weighted by Gasteiger charge is -2.09. The number of carbonyl (C=O) groups excluding carboxylic acids is 1. The molecule has 0 saturated heterocycles. The number of esters is 1. The SMILES string of the molecule is COC(=O)c1c(OCc2ccc3c(c2F)OCC3)nsc1S(C)(=O)=O. The summed E-state index contributed by atoms with van der Waals surface area (Å²) in [6.07, 6.45) is 1.60. The fourth-order valence-electron chi connectivity index (χ4n) is 2.40. The Morgan fingerprint density at radius 1 is 1.44 bits per heavy atom. The fraction of sp³-hybridized carbons (Fsp3) is 0.333. The molecule has 0 saturated carbocycles. The van der Waals surface area contributed by atoms with Gasteiger partial charge in [0.2, 0.25) is 5.88 Å². The van der Waals surface area contributed by atoms with E-state index in [2.05, 4.69) is 9.11 Å². The number of fused-ring (bicyclic) bond motifs is 1. The zero-order valence-corrected chi connectivity index (χ0v) is 15.0. The van der Waals surface area contributed by atoms with Crippen molar-refractivity contribution in [3.63, 3.8) is 0 Å². The van der Waals surface area contributed by atoms with Crippen LogP contribution in [0.4, 0.5) is 4.39 Å². The predicted molar refractivity (Wildman–Crippen MR) is 86.5 cm³/mol. The summed E-state index contributed by atoms with van der Waals surface area (Å²) in [5.74, 6) is -1.43. The zero-order chi connectivity index (χ0) is 18.2. The zero-order valence-electron chi connectivity index (χ0n) is 13.4. The van der Waals surface area contributed by atoms with Crippen molar-refractivity contribution in [2.45, 2.75) is 17.2 Å². The minimum absolute atomic E-state index is 0.199. The molecule has 3 rings (SSSR count). The number of sulfone groups is 1. The van der Waals surface area contributed by atoms with Gasteiger partial charge in [-0.1, -0.05) is 12.1 Å². The third-order valence-electron chi connectivity index (χ3n) is 3.60. The van der Waals surface area contributed by atoms with Crippen molar-refractivity contribution in [2.24, 2.45) is 0 Å². The van der Waals surface area contributed by atoms with Crippen LogP contribution in [0.15, 0.2) is 16.3 Å². The van der Waals surface area contributed by atoms with Crippen LogP contribution >= 0.6 is 11.5 Å². The van der Waals surface area contributed by atoms with E-state index in [-0.39, 0.29) is 33.6 Å². The van der Waals surface area contributed by atoms with Crippen molar-refractivity contribution in [3.05, 3.63) is 34.6 Å². The Labute approximate surface area is 147 Å². The molecular weight excluding hydrogens is 373 g/mol. The summed E-state index contributed by atoms with van der Waals surface area (Å²) < 4.78 is 56.8. The van der Waals surface area contributed by atoms with Crippen LogP contribution in [0, 0.1) is 5.82 Å². The molecule has 10 heteroatoms. The normalized spacial score (nSPS) is 13.2. The lowest BCUT2D eigenvalue weighted by atomic mass is 10.1. The molecule has 0 N–H and O–H groups in total. The molecule has 1 aromatic heterocycles. The van der Waals surface area contributed by atoms with Gasteiger partial charge in [0, 0.05) is 23.8 Å². The highest BCUT2D eigenvalue weighted by atomic mass is 32.2. The van der Waals surface area contributed by atoms with Crippen molar-refractivity contribution in [2.75, 3.05) is 20.0 Å². The molecule has 0 atom stereocenters. The largest absolute Gasteiger partial charge is 0.490 e. The van der Waals surface area contributed by atoms with Crippen molar-refractivity contribution in [3.8, 4) is 11.6 Å². The highest BCUT2D eigenvalue weighted by molar-refractivity contribution is 7.92. The summed E-state index contributed by atoms with van der Waals surface area (Å²) in [5, 5.41) is 0. The second kappa shape index (κ2) is 6.60. The van der Waals surface area contributed by atoms with Gasteiger partial charge in [0.05, 0.1) is 13.7 Å². The Kier molecular flexibility index (Phi) is 4.65. The maximum Gasteiger partial charge on any atom is 0.345 e. The first kappa shape index (κ1) is 17.6. The van der Waals surface area contributed by atoms with E-state index in [1.165, 1.54) is 0 Å². The number of aromatic nitrogens is 1. The lowest BCUT2D eigenvalue weighted by molar-refractivity contribution is 0.0591. The van der Waals surface area contributed by atoms with E-state index >= 15 is 0 Å². The van der Waals surface area contributed by atoms with E-state index in [1.54, 1.807) is 12.1 Å². The number of ether oxygens (including phenoxy) is 3. The van der Waals surface area contributed by atoms with Crippen LogP contribution in [0.25, 0.3) is 0 Å². The van der Waals surface area contributed by atoms with Gasteiger partial charge in [0.1, 0.15) is 6.61 Å². The molecular formula is C15H14FNO6S2. The topological polar surface area (TPSA) is 91.8 Å². The van der Waals surface area contributed by atoms with Gasteiger partial charge >= 0.3 is 5.97 Å². The van der Waals surface area contributed by atoms with Crippen LogP contribution in [-0.4, -0.2) is 38.7 Å². The number of nitrogens with zero attached hydrogens (tertiary/aromatic N) is 1. The number of carbonyl (C=O) groups is 1. The molecule has 1 aliphatic rings. The average Bonchev–Trinajstić information content (AvgIpc) is 3.20. The van der Waals surface area contributed by atoms with E-state index in [4.69, 9.17) is 9.47 Å². The molecule has 2 heterocycles. The van der Waals surface area contributed by atoms with Crippen LogP contribution in [0.1, 0.15) is 21.5 Å². The van der Waals surface area contributed by atoms with Gasteiger partial charge in [-0.2, -0.15) is 4.37 Å². The quantitative estimate of drug-likeness (QED) is 0.725. The summed E-state index contributed by atoms with van der Waals surface area (Å²) in [4.78, 5) is 11.9. The Morgan fingerprint density at radius 2 is 2.20 bits per heavy atom. The second-order valence-electron chi connectivity index (χ2n) is 5.33. The van der Waals surface area contributed by atoms with Gasteiger partial charge in [0.15, 0.2) is 31.2 Å². The molecule has 1 aliphatic heterocycles. The Hall–Kier alpha value is -2.20. The summed E-state index contributed by atoms with van der Waals surface area (Å²) >= 11 is 0.604. The van der Waals surface area contributed by atoms with Crippen LogP contribution in [0.3, 0.4) is 0 Å². The number of rotatable bonds is 5. The summed E-state index contributed by atoms with van der Waals surface area (Å²) in [5.41, 5.74) is 0.711. The Balaban J connectivity index is 1.90. The van der Waals surface area contributed by atoms with Crippen molar-refractivity contribution in [1.82, 2.24) is 4.37 Å². The molecule has 0 amide bonds.